The number of carbonyl (C=O) groups is 1. The maximum absolute atomic E-state index is 11.4. The van der Waals surface area contributed by atoms with Gasteiger partial charge in [0.15, 0.2) is 0 Å². The molecule has 1 aliphatic heterocycles. The van der Waals surface area contributed by atoms with Crippen molar-refractivity contribution < 1.29 is 9.90 Å². The Morgan fingerprint density at radius 3 is 2.67 bits per heavy atom. The summed E-state index contributed by atoms with van der Waals surface area (Å²) in [4.78, 5) is 13.4. The summed E-state index contributed by atoms with van der Waals surface area (Å²) < 4.78 is 0. The van der Waals surface area contributed by atoms with Crippen molar-refractivity contribution in [1.82, 2.24) is 4.90 Å². The fourth-order valence-corrected chi connectivity index (χ4v) is 2.34. The number of aliphatic carboxylic acids is 1. The van der Waals surface area contributed by atoms with Crippen LogP contribution in [0.15, 0.2) is 12.2 Å². The highest BCUT2D eigenvalue weighted by atomic mass is 16.4. The van der Waals surface area contributed by atoms with Gasteiger partial charge in [-0.3, -0.25) is 9.69 Å². The molecule has 3 heteroatoms. The number of nitrogens with zero attached hydrogens (tertiary/aromatic N) is 1. The summed E-state index contributed by atoms with van der Waals surface area (Å²) in [6.45, 7) is 9.60. The Labute approximate surface area is 91.8 Å². The Morgan fingerprint density at radius 1 is 1.53 bits per heavy atom. The molecule has 1 fully saturated rings. The molecule has 86 valence electrons. The quantitative estimate of drug-likeness (QED) is 0.709. The van der Waals surface area contributed by atoms with Crippen molar-refractivity contribution in [2.75, 3.05) is 13.1 Å². The predicted molar refractivity (Wildman–Crippen MR) is 60.9 cm³/mol. The number of hydrogen-bond acceptors (Lipinski definition) is 2. The average molecular weight is 211 g/mol. The average Bonchev–Trinajstić information content (AvgIpc) is 2.61. The summed E-state index contributed by atoms with van der Waals surface area (Å²) >= 11 is 0. The number of hydrogen-bond donors (Lipinski definition) is 1. The van der Waals surface area contributed by atoms with Gasteiger partial charge in [-0.25, -0.2) is 0 Å². The molecule has 0 spiro atoms. The van der Waals surface area contributed by atoms with Crippen LogP contribution in [0.3, 0.4) is 0 Å². The van der Waals surface area contributed by atoms with Crippen molar-refractivity contribution in [3.8, 4) is 0 Å². The summed E-state index contributed by atoms with van der Waals surface area (Å²) in [5.41, 5.74) is 0.494. The topological polar surface area (TPSA) is 40.5 Å². The van der Waals surface area contributed by atoms with E-state index in [4.69, 9.17) is 0 Å². The molecule has 1 atom stereocenters. The minimum absolute atomic E-state index is 0.627. The molecule has 1 rings (SSSR count). The van der Waals surface area contributed by atoms with Crippen molar-refractivity contribution in [3.05, 3.63) is 12.2 Å². The lowest BCUT2D eigenvalue weighted by Gasteiger charge is -2.34. The standard InChI is InChI=1S/C12H21NO2/c1-4-10(3)9-13-8-6-7-12(13,5-2)11(14)15/h3-9H2,1-2H3,(H,14,15). The van der Waals surface area contributed by atoms with Gasteiger partial charge in [0.05, 0.1) is 0 Å². The van der Waals surface area contributed by atoms with Gasteiger partial charge in [0.25, 0.3) is 0 Å². The number of carboxylic acids is 1. The Balaban J connectivity index is 2.78. The van der Waals surface area contributed by atoms with E-state index in [9.17, 15) is 9.90 Å². The Hall–Kier alpha value is -0.830. The second kappa shape index (κ2) is 4.79. The first-order valence-electron chi connectivity index (χ1n) is 5.72. The lowest BCUT2D eigenvalue weighted by atomic mass is 9.92. The van der Waals surface area contributed by atoms with Crippen LogP contribution in [0, 0.1) is 0 Å². The van der Waals surface area contributed by atoms with E-state index in [1.165, 1.54) is 0 Å². The van der Waals surface area contributed by atoms with Gasteiger partial charge < -0.3 is 5.11 Å². The second-order valence-electron chi connectivity index (χ2n) is 4.32. The van der Waals surface area contributed by atoms with Crippen LogP contribution < -0.4 is 0 Å². The number of carboxylic acid groups (broad SMARTS) is 1. The van der Waals surface area contributed by atoms with Gasteiger partial charge in [-0.15, -0.1) is 0 Å². The van der Waals surface area contributed by atoms with E-state index in [0.29, 0.717) is 6.42 Å². The molecule has 0 amide bonds. The largest absolute Gasteiger partial charge is 0.480 e. The lowest BCUT2D eigenvalue weighted by molar-refractivity contribution is -0.149. The van der Waals surface area contributed by atoms with Crippen LogP contribution >= 0.6 is 0 Å². The molecule has 0 aromatic rings. The highest BCUT2D eigenvalue weighted by Crippen LogP contribution is 2.33. The Kier molecular flexibility index (Phi) is 3.91. The molecule has 1 aliphatic rings. The van der Waals surface area contributed by atoms with E-state index < -0.39 is 11.5 Å². The monoisotopic (exact) mass is 211 g/mol. The first-order chi connectivity index (χ1) is 7.06. The zero-order valence-corrected chi connectivity index (χ0v) is 9.75. The van der Waals surface area contributed by atoms with Gasteiger partial charge >= 0.3 is 5.97 Å². The molecule has 1 saturated heterocycles. The van der Waals surface area contributed by atoms with E-state index in [0.717, 1.165) is 37.9 Å². The van der Waals surface area contributed by atoms with Crippen LogP contribution in [0.4, 0.5) is 0 Å². The SMILES string of the molecule is C=C(CC)CN1CCCC1(CC)C(=O)O. The van der Waals surface area contributed by atoms with Crippen molar-refractivity contribution >= 4 is 5.97 Å². The van der Waals surface area contributed by atoms with Gasteiger partial charge in [-0.05, 0) is 32.2 Å². The van der Waals surface area contributed by atoms with Crippen molar-refractivity contribution in [2.45, 2.75) is 45.1 Å². The third-order valence-corrected chi connectivity index (χ3v) is 3.52. The summed E-state index contributed by atoms with van der Waals surface area (Å²) in [7, 11) is 0. The van der Waals surface area contributed by atoms with E-state index in [-0.39, 0.29) is 0 Å². The zero-order valence-electron chi connectivity index (χ0n) is 9.75. The van der Waals surface area contributed by atoms with Crippen molar-refractivity contribution in [2.24, 2.45) is 0 Å². The summed E-state index contributed by atoms with van der Waals surface area (Å²) in [6, 6.07) is 0. The highest BCUT2D eigenvalue weighted by Gasteiger charge is 2.45. The van der Waals surface area contributed by atoms with Crippen LogP contribution in [0.1, 0.15) is 39.5 Å². The van der Waals surface area contributed by atoms with E-state index >= 15 is 0 Å². The normalized spacial score (nSPS) is 26.8. The number of rotatable bonds is 5. The molecule has 1 heterocycles. The van der Waals surface area contributed by atoms with Crippen LogP contribution in [0.2, 0.25) is 0 Å². The summed E-state index contributed by atoms with van der Waals surface area (Å²) in [5, 5.41) is 9.35. The molecule has 0 bridgehead atoms. The second-order valence-corrected chi connectivity index (χ2v) is 4.32. The Morgan fingerprint density at radius 2 is 2.20 bits per heavy atom. The van der Waals surface area contributed by atoms with Crippen molar-refractivity contribution in [1.29, 1.82) is 0 Å². The van der Waals surface area contributed by atoms with E-state index in [1.54, 1.807) is 0 Å². The molecule has 15 heavy (non-hydrogen) atoms. The third-order valence-electron chi connectivity index (χ3n) is 3.52. The molecular weight excluding hydrogens is 190 g/mol. The first-order valence-corrected chi connectivity index (χ1v) is 5.72. The molecule has 0 aliphatic carbocycles. The third kappa shape index (κ3) is 2.23. The van der Waals surface area contributed by atoms with Crippen LogP contribution in [-0.4, -0.2) is 34.6 Å². The van der Waals surface area contributed by atoms with E-state index in [2.05, 4.69) is 18.4 Å². The highest BCUT2D eigenvalue weighted by molar-refractivity contribution is 5.79. The smallest absolute Gasteiger partial charge is 0.324 e. The lowest BCUT2D eigenvalue weighted by Crippen LogP contribution is -2.50. The van der Waals surface area contributed by atoms with E-state index in [1.807, 2.05) is 6.92 Å². The maximum Gasteiger partial charge on any atom is 0.324 e. The molecular formula is C12H21NO2. The molecule has 0 radical (unpaired) electrons. The van der Waals surface area contributed by atoms with Crippen molar-refractivity contribution in [3.63, 3.8) is 0 Å². The zero-order chi connectivity index (χ0) is 11.5. The first kappa shape index (κ1) is 12.2. The van der Waals surface area contributed by atoms with Gasteiger partial charge in [0.1, 0.15) is 5.54 Å². The van der Waals surface area contributed by atoms with Crippen LogP contribution in [-0.2, 0) is 4.79 Å². The Bertz CT molecular complexity index is 262. The van der Waals surface area contributed by atoms with Crippen LogP contribution in [0.25, 0.3) is 0 Å². The molecule has 0 saturated carbocycles. The maximum atomic E-state index is 11.4. The van der Waals surface area contributed by atoms with Gasteiger partial charge in [0, 0.05) is 6.54 Å². The number of likely N-dealkylation sites (tertiary alicyclic amines) is 1. The minimum Gasteiger partial charge on any atom is -0.480 e. The minimum atomic E-state index is -0.675. The predicted octanol–water partition coefficient (Wildman–Crippen LogP) is 2.28. The molecule has 3 nitrogen and oxygen atoms in total. The van der Waals surface area contributed by atoms with Gasteiger partial charge in [0.2, 0.25) is 0 Å². The summed E-state index contributed by atoms with van der Waals surface area (Å²) in [5.74, 6) is -0.675. The van der Waals surface area contributed by atoms with Crippen LogP contribution in [0.5, 0.6) is 0 Å². The molecule has 0 aromatic carbocycles. The molecule has 1 unspecified atom stereocenters. The summed E-state index contributed by atoms with van der Waals surface area (Å²) in [6.07, 6.45) is 3.36. The fourth-order valence-electron chi connectivity index (χ4n) is 2.34. The van der Waals surface area contributed by atoms with Gasteiger partial charge in [-0.2, -0.15) is 0 Å². The molecule has 0 aromatic heterocycles. The van der Waals surface area contributed by atoms with Gasteiger partial charge in [-0.1, -0.05) is 26.0 Å². The fraction of sp³-hybridized carbons (Fsp3) is 0.750. The molecule has 1 N–H and O–H groups in total.